The maximum absolute atomic E-state index is 12.4. The number of hydrogen-bond acceptors (Lipinski definition) is 4. The Morgan fingerprint density at radius 2 is 1.85 bits per heavy atom. The lowest BCUT2D eigenvalue weighted by molar-refractivity contribution is -0.129. The van der Waals surface area contributed by atoms with E-state index in [4.69, 9.17) is 9.47 Å². The zero-order chi connectivity index (χ0) is 18.9. The summed E-state index contributed by atoms with van der Waals surface area (Å²) >= 11 is 0. The second-order valence-corrected chi connectivity index (χ2v) is 6.17. The maximum Gasteiger partial charge on any atom is 0.236 e. The van der Waals surface area contributed by atoms with Crippen LogP contribution in [0.1, 0.15) is 31.0 Å². The normalized spacial score (nSPS) is 11.7. The van der Waals surface area contributed by atoms with Crippen LogP contribution in [-0.2, 0) is 11.3 Å². The van der Waals surface area contributed by atoms with Gasteiger partial charge < -0.3 is 19.7 Å². The van der Waals surface area contributed by atoms with E-state index in [2.05, 4.69) is 5.32 Å². The van der Waals surface area contributed by atoms with Crippen LogP contribution < -0.4 is 14.8 Å². The number of methoxy groups -OCH3 is 1. The molecule has 0 spiro atoms. The van der Waals surface area contributed by atoms with Gasteiger partial charge in [-0.05, 0) is 37.6 Å². The van der Waals surface area contributed by atoms with Crippen molar-refractivity contribution in [1.29, 1.82) is 0 Å². The number of hydrogen-bond donors (Lipinski definition) is 1. The predicted octanol–water partition coefficient (Wildman–Crippen LogP) is 3.40. The summed E-state index contributed by atoms with van der Waals surface area (Å²) in [4.78, 5) is 14.1. The van der Waals surface area contributed by atoms with E-state index in [0.717, 1.165) is 22.6 Å². The maximum atomic E-state index is 12.4. The first kappa shape index (κ1) is 19.8. The van der Waals surface area contributed by atoms with Gasteiger partial charge in [-0.15, -0.1) is 0 Å². The van der Waals surface area contributed by atoms with Crippen molar-refractivity contribution < 1.29 is 14.3 Å². The molecule has 0 unspecified atom stereocenters. The summed E-state index contributed by atoms with van der Waals surface area (Å²) in [5.74, 6) is 1.71. The summed E-state index contributed by atoms with van der Waals surface area (Å²) in [6.45, 7) is 5.47. The third-order valence-electron chi connectivity index (χ3n) is 4.24. The highest BCUT2D eigenvalue weighted by atomic mass is 16.5. The van der Waals surface area contributed by atoms with Crippen molar-refractivity contribution >= 4 is 5.91 Å². The molecule has 1 amide bonds. The minimum atomic E-state index is 0.0222. The quantitative estimate of drug-likeness (QED) is 0.748. The van der Waals surface area contributed by atoms with Gasteiger partial charge in [0, 0.05) is 25.2 Å². The molecule has 0 fully saturated rings. The van der Waals surface area contributed by atoms with Crippen molar-refractivity contribution in [3.63, 3.8) is 0 Å². The number of ether oxygens (including phenoxy) is 2. The van der Waals surface area contributed by atoms with Crippen molar-refractivity contribution in [3.8, 4) is 11.5 Å². The molecule has 0 bridgehead atoms. The molecule has 1 atom stereocenters. The van der Waals surface area contributed by atoms with Gasteiger partial charge in [-0.25, -0.2) is 0 Å². The molecular formula is C21H28N2O3. The molecule has 0 saturated carbocycles. The van der Waals surface area contributed by atoms with E-state index >= 15 is 0 Å². The summed E-state index contributed by atoms with van der Waals surface area (Å²) in [7, 11) is 3.47. The molecule has 0 radical (unpaired) electrons. The summed E-state index contributed by atoms with van der Waals surface area (Å²) in [5, 5.41) is 3.27. The molecule has 0 aliphatic heterocycles. The van der Waals surface area contributed by atoms with Gasteiger partial charge in [0.25, 0.3) is 0 Å². The second kappa shape index (κ2) is 9.82. The van der Waals surface area contributed by atoms with Gasteiger partial charge in [0.15, 0.2) is 0 Å². The molecular weight excluding hydrogens is 328 g/mol. The number of nitrogens with zero attached hydrogens (tertiary/aromatic N) is 1. The van der Waals surface area contributed by atoms with Crippen LogP contribution in [0.2, 0.25) is 0 Å². The highest BCUT2D eigenvalue weighted by Gasteiger charge is 2.14. The lowest BCUT2D eigenvalue weighted by Crippen LogP contribution is -2.36. The Bertz CT molecular complexity index is 701. The zero-order valence-corrected chi connectivity index (χ0v) is 16.0. The molecule has 26 heavy (non-hydrogen) atoms. The number of para-hydroxylation sites is 1. The van der Waals surface area contributed by atoms with Gasteiger partial charge in [-0.2, -0.15) is 0 Å². The minimum absolute atomic E-state index is 0.0222. The first-order valence-electron chi connectivity index (χ1n) is 8.87. The van der Waals surface area contributed by atoms with E-state index in [9.17, 15) is 4.79 Å². The van der Waals surface area contributed by atoms with Crippen molar-refractivity contribution in [2.45, 2.75) is 26.4 Å². The molecule has 5 heteroatoms. The first-order valence-corrected chi connectivity index (χ1v) is 8.87. The number of carbonyl (C=O) groups is 1. The first-order chi connectivity index (χ1) is 12.5. The van der Waals surface area contributed by atoms with Crippen LogP contribution in [0.15, 0.2) is 48.5 Å². The SMILES string of the molecule is CCOc1ccc(CN(C)C(=O)CN[C@@H](C)c2ccccc2OC)cc1. The third-order valence-corrected chi connectivity index (χ3v) is 4.24. The van der Waals surface area contributed by atoms with Gasteiger partial charge in [-0.1, -0.05) is 30.3 Å². The lowest BCUT2D eigenvalue weighted by Gasteiger charge is -2.21. The lowest BCUT2D eigenvalue weighted by atomic mass is 10.1. The average molecular weight is 356 g/mol. The van der Waals surface area contributed by atoms with Crippen LogP contribution in [0.5, 0.6) is 11.5 Å². The topological polar surface area (TPSA) is 50.8 Å². The number of rotatable bonds is 9. The number of amides is 1. The largest absolute Gasteiger partial charge is 0.496 e. The van der Waals surface area contributed by atoms with Crippen molar-refractivity contribution in [3.05, 3.63) is 59.7 Å². The fourth-order valence-electron chi connectivity index (χ4n) is 2.73. The third kappa shape index (κ3) is 5.49. The van der Waals surface area contributed by atoms with Crippen LogP contribution >= 0.6 is 0 Å². The molecule has 1 N–H and O–H groups in total. The fourth-order valence-corrected chi connectivity index (χ4v) is 2.73. The Kier molecular flexibility index (Phi) is 7.48. The number of carbonyl (C=O) groups excluding carboxylic acids is 1. The van der Waals surface area contributed by atoms with E-state index in [1.54, 1.807) is 12.0 Å². The van der Waals surface area contributed by atoms with E-state index in [1.165, 1.54) is 0 Å². The Morgan fingerprint density at radius 3 is 2.50 bits per heavy atom. The van der Waals surface area contributed by atoms with E-state index in [0.29, 0.717) is 13.2 Å². The molecule has 0 aromatic heterocycles. The molecule has 0 saturated heterocycles. The number of benzene rings is 2. The van der Waals surface area contributed by atoms with Gasteiger partial charge in [0.1, 0.15) is 11.5 Å². The average Bonchev–Trinajstić information content (AvgIpc) is 2.67. The monoisotopic (exact) mass is 356 g/mol. The van der Waals surface area contributed by atoms with Crippen LogP contribution in [0, 0.1) is 0 Å². The summed E-state index contributed by atoms with van der Waals surface area (Å²) < 4.78 is 10.8. The smallest absolute Gasteiger partial charge is 0.236 e. The Hall–Kier alpha value is -2.53. The molecule has 0 aliphatic rings. The predicted molar refractivity (Wildman–Crippen MR) is 103 cm³/mol. The summed E-state index contributed by atoms with van der Waals surface area (Å²) in [6.07, 6.45) is 0. The van der Waals surface area contributed by atoms with Gasteiger partial charge in [-0.3, -0.25) is 4.79 Å². The molecule has 2 aromatic carbocycles. The van der Waals surface area contributed by atoms with Crippen molar-refractivity contribution in [2.24, 2.45) is 0 Å². The van der Waals surface area contributed by atoms with Crippen LogP contribution in [0.3, 0.4) is 0 Å². The summed E-state index contributed by atoms with van der Waals surface area (Å²) in [6, 6.07) is 15.7. The van der Waals surface area contributed by atoms with E-state index < -0.39 is 0 Å². The highest BCUT2D eigenvalue weighted by molar-refractivity contribution is 5.78. The zero-order valence-electron chi connectivity index (χ0n) is 16.0. The summed E-state index contributed by atoms with van der Waals surface area (Å²) in [5.41, 5.74) is 2.11. The molecule has 5 nitrogen and oxygen atoms in total. The standard InChI is InChI=1S/C21H28N2O3/c1-5-26-18-12-10-17(11-13-18)15-23(3)21(24)14-22-16(2)19-8-6-7-9-20(19)25-4/h6-13,16,22H,5,14-15H2,1-4H3/t16-/m0/s1. The van der Waals surface area contributed by atoms with E-state index in [-0.39, 0.29) is 18.5 Å². The molecule has 2 aromatic rings. The molecule has 140 valence electrons. The van der Waals surface area contributed by atoms with Crippen molar-refractivity contribution in [1.82, 2.24) is 10.2 Å². The van der Waals surface area contributed by atoms with Crippen LogP contribution in [-0.4, -0.2) is 38.1 Å². The van der Waals surface area contributed by atoms with Gasteiger partial charge in [0.05, 0.1) is 20.3 Å². The Balaban J connectivity index is 1.86. The van der Waals surface area contributed by atoms with Gasteiger partial charge in [0.2, 0.25) is 5.91 Å². The minimum Gasteiger partial charge on any atom is -0.496 e. The molecule has 2 rings (SSSR count). The van der Waals surface area contributed by atoms with Crippen molar-refractivity contribution in [2.75, 3.05) is 27.3 Å². The number of nitrogens with one attached hydrogen (secondary N) is 1. The van der Waals surface area contributed by atoms with Crippen LogP contribution in [0.4, 0.5) is 0 Å². The Labute approximate surface area is 155 Å². The van der Waals surface area contributed by atoms with Crippen LogP contribution in [0.25, 0.3) is 0 Å². The Morgan fingerprint density at radius 1 is 1.15 bits per heavy atom. The molecule has 0 aliphatic carbocycles. The fraction of sp³-hybridized carbons (Fsp3) is 0.381. The van der Waals surface area contributed by atoms with E-state index in [1.807, 2.05) is 69.4 Å². The number of likely N-dealkylation sites (N-methyl/N-ethyl adjacent to an activating group) is 1. The molecule has 0 heterocycles. The van der Waals surface area contributed by atoms with Gasteiger partial charge >= 0.3 is 0 Å². The second-order valence-electron chi connectivity index (χ2n) is 6.17. The highest BCUT2D eigenvalue weighted by Crippen LogP contribution is 2.24.